The molecule has 0 radical (unpaired) electrons. The number of carbonyl (C=O) groups excluding carboxylic acids is 2. The summed E-state index contributed by atoms with van der Waals surface area (Å²) in [6, 6.07) is 5.13. The Morgan fingerprint density at radius 1 is 1.20 bits per heavy atom. The lowest BCUT2D eigenvalue weighted by Crippen LogP contribution is -2.29. The van der Waals surface area contributed by atoms with Gasteiger partial charge in [-0.15, -0.1) is 0 Å². The molecule has 0 unspecified atom stereocenters. The summed E-state index contributed by atoms with van der Waals surface area (Å²) in [7, 11) is 0. The quantitative estimate of drug-likeness (QED) is 0.724. The topological polar surface area (TPSA) is 70.2 Å². The zero-order valence-corrected chi connectivity index (χ0v) is 12.5. The van der Waals surface area contributed by atoms with Crippen molar-refractivity contribution in [2.45, 2.75) is 26.7 Å². The highest BCUT2D eigenvalue weighted by Crippen LogP contribution is 2.25. The van der Waals surface area contributed by atoms with E-state index in [1.54, 1.807) is 18.2 Å². The molecule has 110 valence electrons. The first-order valence-corrected chi connectivity index (χ1v) is 7.04. The Hall–Kier alpha value is -1.75. The van der Waals surface area contributed by atoms with Crippen molar-refractivity contribution in [1.82, 2.24) is 5.32 Å². The number of carbonyl (C=O) groups is 2. The van der Waals surface area contributed by atoms with Crippen LogP contribution < -0.4 is 16.0 Å². The molecule has 0 saturated heterocycles. The third-order valence-corrected chi connectivity index (χ3v) is 2.87. The molecule has 5 nitrogen and oxygen atoms in total. The highest BCUT2D eigenvalue weighted by molar-refractivity contribution is 6.33. The number of hydrogen-bond acceptors (Lipinski definition) is 3. The fourth-order valence-corrected chi connectivity index (χ4v) is 1.81. The molecule has 1 rings (SSSR count). The largest absolute Gasteiger partial charge is 0.375 e. The molecule has 0 heterocycles. The number of amides is 2. The first kappa shape index (κ1) is 16.3. The molecule has 0 saturated carbocycles. The molecule has 0 aliphatic carbocycles. The number of nitrogens with one attached hydrogen (secondary N) is 3. The van der Waals surface area contributed by atoms with Gasteiger partial charge in [0.1, 0.15) is 0 Å². The minimum Gasteiger partial charge on any atom is -0.375 e. The maximum absolute atomic E-state index is 11.5. The second kappa shape index (κ2) is 8.43. The molecule has 0 aromatic heterocycles. The van der Waals surface area contributed by atoms with Gasteiger partial charge in [0.2, 0.25) is 11.8 Å². The van der Waals surface area contributed by atoms with Crippen LogP contribution >= 0.6 is 11.6 Å². The smallest absolute Gasteiger partial charge is 0.239 e. The third kappa shape index (κ3) is 5.48. The molecule has 1 aromatic carbocycles. The zero-order chi connectivity index (χ0) is 15.0. The van der Waals surface area contributed by atoms with Crippen LogP contribution in [0.25, 0.3) is 0 Å². The van der Waals surface area contributed by atoms with Gasteiger partial charge in [0.15, 0.2) is 0 Å². The number of rotatable bonds is 7. The normalized spacial score (nSPS) is 9.95. The Labute approximate surface area is 124 Å². The Morgan fingerprint density at radius 3 is 2.60 bits per heavy atom. The van der Waals surface area contributed by atoms with Crippen LogP contribution in [-0.2, 0) is 9.59 Å². The summed E-state index contributed by atoms with van der Waals surface area (Å²) in [5.74, 6) is -0.145. The minimum absolute atomic E-state index is 0.0375. The van der Waals surface area contributed by atoms with Crippen molar-refractivity contribution in [3.63, 3.8) is 0 Å². The van der Waals surface area contributed by atoms with Crippen LogP contribution in [0.4, 0.5) is 11.4 Å². The van der Waals surface area contributed by atoms with Gasteiger partial charge in [0, 0.05) is 18.7 Å². The first-order chi connectivity index (χ1) is 9.56. The number of hydrogen-bond donors (Lipinski definition) is 3. The lowest BCUT2D eigenvalue weighted by Gasteiger charge is -2.11. The summed E-state index contributed by atoms with van der Waals surface area (Å²) in [6.07, 6.45) is 1.27. The molecule has 0 aliphatic rings. The third-order valence-electron chi connectivity index (χ3n) is 2.54. The summed E-state index contributed by atoms with van der Waals surface area (Å²) in [5, 5.41) is 8.92. The van der Waals surface area contributed by atoms with Crippen molar-refractivity contribution in [2.75, 3.05) is 23.7 Å². The van der Waals surface area contributed by atoms with Gasteiger partial charge in [0.05, 0.1) is 17.3 Å². The standard InChI is InChI=1S/C14H20ClN3O2/c1-3-5-13(19)18-10-6-7-11(15)12(8-10)17-9-14(20)16-4-2/h6-8,17H,3-5,9H2,1-2H3,(H,16,20)(H,18,19). The summed E-state index contributed by atoms with van der Waals surface area (Å²) in [6.45, 7) is 4.52. The lowest BCUT2D eigenvalue weighted by molar-refractivity contribution is -0.119. The van der Waals surface area contributed by atoms with E-state index in [4.69, 9.17) is 11.6 Å². The van der Waals surface area contributed by atoms with Gasteiger partial charge in [-0.2, -0.15) is 0 Å². The molecular weight excluding hydrogens is 278 g/mol. The predicted octanol–water partition coefficient (Wildman–Crippen LogP) is 2.63. The van der Waals surface area contributed by atoms with E-state index >= 15 is 0 Å². The van der Waals surface area contributed by atoms with Gasteiger partial charge < -0.3 is 16.0 Å². The van der Waals surface area contributed by atoms with Crippen molar-refractivity contribution in [3.8, 4) is 0 Å². The van der Waals surface area contributed by atoms with Gasteiger partial charge in [-0.3, -0.25) is 9.59 Å². The predicted molar refractivity (Wildman–Crippen MR) is 82.2 cm³/mol. The Kier molecular flexibility index (Phi) is 6.87. The molecule has 2 amide bonds. The molecule has 3 N–H and O–H groups in total. The van der Waals surface area contributed by atoms with Gasteiger partial charge in [-0.1, -0.05) is 18.5 Å². The van der Waals surface area contributed by atoms with Gasteiger partial charge in [-0.05, 0) is 31.5 Å². The van der Waals surface area contributed by atoms with Crippen molar-refractivity contribution in [2.24, 2.45) is 0 Å². The molecule has 0 aliphatic heterocycles. The Morgan fingerprint density at radius 2 is 1.95 bits per heavy atom. The van der Waals surface area contributed by atoms with E-state index in [0.29, 0.717) is 29.4 Å². The first-order valence-electron chi connectivity index (χ1n) is 6.66. The molecule has 1 aromatic rings. The van der Waals surface area contributed by atoms with E-state index in [0.717, 1.165) is 6.42 Å². The number of halogens is 1. The molecular formula is C14H20ClN3O2. The van der Waals surface area contributed by atoms with Crippen LogP contribution in [0.1, 0.15) is 26.7 Å². The van der Waals surface area contributed by atoms with Gasteiger partial charge >= 0.3 is 0 Å². The van der Waals surface area contributed by atoms with E-state index in [-0.39, 0.29) is 18.4 Å². The van der Waals surface area contributed by atoms with Crippen molar-refractivity contribution in [3.05, 3.63) is 23.2 Å². The summed E-state index contributed by atoms with van der Waals surface area (Å²) in [5.41, 5.74) is 1.28. The van der Waals surface area contributed by atoms with E-state index < -0.39 is 0 Å². The fourth-order valence-electron chi connectivity index (χ4n) is 1.62. The van der Waals surface area contributed by atoms with E-state index in [9.17, 15) is 9.59 Å². The van der Waals surface area contributed by atoms with Crippen molar-refractivity contribution >= 4 is 34.8 Å². The zero-order valence-electron chi connectivity index (χ0n) is 11.8. The number of likely N-dealkylation sites (N-methyl/N-ethyl adjacent to an activating group) is 1. The van der Waals surface area contributed by atoms with Crippen molar-refractivity contribution in [1.29, 1.82) is 0 Å². The van der Waals surface area contributed by atoms with Crippen LogP contribution in [0.5, 0.6) is 0 Å². The Balaban J connectivity index is 2.66. The fraction of sp³-hybridized carbons (Fsp3) is 0.429. The number of benzene rings is 1. The maximum atomic E-state index is 11.5. The minimum atomic E-state index is -0.107. The van der Waals surface area contributed by atoms with Gasteiger partial charge in [-0.25, -0.2) is 0 Å². The average Bonchev–Trinajstić information content (AvgIpc) is 2.40. The van der Waals surface area contributed by atoms with Crippen LogP contribution in [0, 0.1) is 0 Å². The van der Waals surface area contributed by atoms with E-state index in [2.05, 4.69) is 16.0 Å². The molecule has 20 heavy (non-hydrogen) atoms. The molecule has 0 atom stereocenters. The maximum Gasteiger partial charge on any atom is 0.239 e. The van der Waals surface area contributed by atoms with Crippen LogP contribution in [0.3, 0.4) is 0 Å². The molecule has 0 spiro atoms. The van der Waals surface area contributed by atoms with Gasteiger partial charge in [0.25, 0.3) is 0 Å². The lowest BCUT2D eigenvalue weighted by atomic mass is 10.2. The monoisotopic (exact) mass is 297 g/mol. The molecule has 6 heteroatoms. The van der Waals surface area contributed by atoms with Crippen LogP contribution in [0.2, 0.25) is 5.02 Å². The summed E-state index contributed by atoms with van der Waals surface area (Å²) < 4.78 is 0. The van der Waals surface area contributed by atoms with E-state index in [1.807, 2.05) is 13.8 Å². The Bertz CT molecular complexity index is 477. The second-order valence-corrected chi connectivity index (χ2v) is 4.71. The van der Waals surface area contributed by atoms with Crippen LogP contribution in [0.15, 0.2) is 18.2 Å². The van der Waals surface area contributed by atoms with E-state index in [1.165, 1.54) is 0 Å². The second-order valence-electron chi connectivity index (χ2n) is 4.30. The summed E-state index contributed by atoms with van der Waals surface area (Å²) in [4.78, 5) is 22.9. The SMILES string of the molecule is CCCC(=O)Nc1ccc(Cl)c(NCC(=O)NCC)c1. The van der Waals surface area contributed by atoms with Crippen molar-refractivity contribution < 1.29 is 9.59 Å². The van der Waals surface area contributed by atoms with Crippen LogP contribution in [-0.4, -0.2) is 24.9 Å². The number of anilines is 2. The summed E-state index contributed by atoms with van der Waals surface area (Å²) >= 11 is 6.05. The highest BCUT2D eigenvalue weighted by atomic mass is 35.5. The molecule has 0 bridgehead atoms. The average molecular weight is 298 g/mol. The molecule has 0 fully saturated rings. The highest BCUT2D eigenvalue weighted by Gasteiger charge is 2.06.